The third-order valence-electron chi connectivity index (χ3n) is 2.07. The Bertz CT molecular complexity index is 333. The molecule has 1 rings (SSSR count). The molecule has 0 bridgehead atoms. The fourth-order valence-electron chi connectivity index (χ4n) is 1.31. The van der Waals surface area contributed by atoms with Crippen molar-refractivity contribution < 1.29 is 0 Å². The van der Waals surface area contributed by atoms with Gasteiger partial charge < -0.3 is 5.32 Å². The third kappa shape index (κ3) is 3.13. The van der Waals surface area contributed by atoms with Crippen LogP contribution in [0.1, 0.15) is 35.7 Å². The first-order valence-corrected chi connectivity index (χ1v) is 5.58. The van der Waals surface area contributed by atoms with E-state index in [0.29, 0.717) is 6.04 Å². The second-order valence-corrected chi connectivity index (χ2v) is 4.35. The first-order valence-electron chi connectivity index (χ1n) is 4.77. The number of nitrogens with one attached hydrogen (secondary N) is 1. The molecule has 76 valence electrons. The summed E-state index contributed by atoms with van der Waals surface area (Å²) in [7, 11) is 1.99. The fraction of sp³-hybridized carbons (Fsp3) is 0.545. The van der Waals surface area contributed by atoms with Gasteiger partial charge in [0.25, 0.3) is 0 Å². The second kappa shape index (κ2) is 5.79. The van der Waals surface area contributed by atoms with Gasteiger partial charge in [-0.05, 0) is 27.3 Å². The molecule has 0 fully saturated rings. The smallest absolute Gasteiger partial charge is 0.0897 e. The third-order valence-corrected chi connectivity index (χ3v) is 3.09. The van der Waals surface area contributed by atoms with Crippen LogP contribution in [0.15, 0.2) is 6.20 Å². The summed E-state index contributed by atoms with van der Waals surface area (Å²) in [4.78, 5) is 5.56. The van der Waals surface area contributed by atoms with Crippen molar-refractivity contribution in [2.75, 3.05) is 7.05 Å². The molecule has 1 heterocycles. The Morgan fingerprint density at radius 1 is 1.64 bits per heavy atom. The van der Waals surface area contributed by atoms with Crippen LogP contribution in [0, 0.1) is 18.8 Å². The van der Waals surface area contributed by atoms with Gasteiger partial charge in [-0.25, -0.2) is 4.98 Å². The largest absolute Gasteiger partial charge is 0.312 e. The standard InChI is InChI=1S/C11H16N2S/c1-4-5-6-7-10(12-3)11-8-13-9(2)14-11/h8,10,12H,6-7H2,1-3H3. The summed E-state index contributed by atoms with van der Waals surface area (Å²) in [5, 5.41) is 4.42. The minimum Gasteiger partial charge on any atom is -0.312 e. The maximum Gasteiger partial charge on any atom is 0.0897 e. The van der Waals surface area contributed by atoms with E-state index in [2.05, 4.69) is 22.1 Å². The van der Waals surface area contributed by atoms with Gasteiger partial charge in [0.1, 0.15) is 0 Å². The van der Waals surface area contributed by atoms with E-state index >= 15 is 0 Å². The van der Waals surface area contributed by atoms with Gasteiger partial charge in [0, 0.05) is 23.5 Å². The van der Waals surface area contributed by atoms with Crippen molar-refractivity contribution in [1.29, 1.82) is 0 Å². The molecule has 0 radical (unpaired) electrons. The molecule has 2 nitrogen and oxygen atoms in total. The van der Waals surface area contributed by atoms with Crippen LogP contribution in [0.4, 0.5) is 0 Å². The predicted molar refractivity (Wildman–Crippen MR) is 61.3 cm³/mol. The van der Waals surface area contributed by atoms with Crippen molar-refractivity contribution in [3.63, 3.8) is 0 Å². The lowest BCUT2D eigenvalue weighted by molar-refractivity contribution is 0.566. The normalized spacial score (nSPS) is 11.9. The van der Waals surface area contributed by atoms with E-state index in [0.717, 1.165) is 17.8 Å². The van der Waals surface area contributed by atoms with Crippen molar-refractivity contribution in [3.05, 3.63) is 16.1 Å². The van der Waals surface area contributed by atoms with Gasteiger partial charge in [-0.2, -0.15) is 0 Å². The van der Waals surface area contributed by atoms with Crippen LogP contribution in [-0.4, -0.2) is 12.0 Å². The Kier molecular flexibility index (Phi) is 4.64. The van der Waals surface area contributed by atoms with E-state index < -0.39 is 0 Å². The highest BCUT2D eigenvalue weighted by atomic mass is 32.1. The Labute approximate surface area is 89.8 Å². The average Bonchev–Trinajstić information content (AvgIpc) is 2.60. The molecule has 0 aromatic carbocycles. The zero-order valence-electron chi connectivity index (χ0n) is 8.92. The highest BCUT2D eigenvalue weighted by molar-refractivity contribution is 7.11. The topological polar surface area (TPSA) is 24.9 Å². The summed E-state index contributed by atoms with van der Waals surface area (Å²) in [5.74, 6) is 6.00. The van der Waals surface area contributed by atoms with Crippen molar-refractivity contribution in [2.24, 2.45) is 0 Å². The molecular weight excluding hydrogens is 192 g/mol. The predicted octanol–water partition coefficient (Wildman–Crippen LogP) is 2.52. The zero-order chi connectivity index (χ0) is 10.4. The Morgan fingerprint density at radius 2 is 2.43 bits per heavy atom. The van der Waals surface area contributed by atoms with Gasteiger partial charge in [0.15, 0.2) is 0 Å². The molecule has 0 saturated carbocycles. The van der Waals surface area contributed by atoms with Gasteiger partial charge >= 0.3 is 0 Å². The van der Waals surface area contributed by atoms with Gasteiger partial charge in [0.05, 0.1) is 5.01 Å². The molecule has 1 unspecified atom stereocenters. The average molecular weight is 208 g/mol. The molecule has 0 saturated heterocycles. The van der Waals surface area contributed by atoms with E-state index in [-0.39, 0.29) is 0 Å². The van der Waals surface area contributed by atoms with E-state index in [9.17, 15) is 0 Å². The van der Waals surface area contributed by atoms with Crippen LogP contribution in [0.25, 0.3) is 0 Å². The number of aryl methyl sites for hydroxylation is 1. The van der Waals surface area contributed by atoms with Crippen LogP contribution < -0.4 is 5.32 Å². The highest BCUT2D eigenvalue weighted by Gasteiger charge is 2.10. The van der Waals surface area contributed by atoms with E-state index in [1.54, 1.807) is 11.3 Å². The summed E-state index contributed by atoms with van der Waals surface area (Å²) < 4.78 is 0. The van der Waals surface area contributed by atoms with Crippen LogP contribution >= 0.6 is 11.3 Å². The summed E-state index contributed by atoms with van der Waals surface area (Å²) in [6.07, 6.45) is 3.96. The van der Waals surface area contributed by atoms with E-state index in [1.165, 1.54) is 4.88 Å². The summed E-state index contributed by atoms with van der Waals surface area (Å²) in [5.41, 5.74) is 0. The van der Waals surface area contributed by atoms with Crippen molar-refractivity contribution in [2.45, 2.75) is 32.7 Å². The molecule has 3 heteroatoms. The number of aromatic nitrogens is 1. The quantitative estimate of drug-likeness (QED) is 0.769. The number of hydrogen-bond acceptors (Lipinski definition) is 3. The van der Waals surface area contributed by atoms with Gasteiger partial charge in [-0.1, -0.05) is 0 Å². The first kappa shape index (κ1) is 11.2. The summed E-state index contributed by atoms with van der Waals surface area (Å²) in [6, 6.07) is 0.405. The highest BCUT2D eigenvalue weighted by Crippen LogP contribution is 2.23. The van der Waals surface area contributed by atoms with Crippen molar-refractivity contribution in [1.82, 2.24) is 10.3 Å². The van der Waals surface area contributed by atoms with Crippen molar-refractivity contribution >= 4 is 11.3 Å². The molecule has 1 N–H and O–H groups in total. The molecule has 14 heavy (non-hydrogen) atoms. The Morgan fingerprint density at radius 3 is 2.93 bits per heavy atom. The molecular formula is C11H16N2S. The van der Waals surface area contributed by atoms with Crippen LogP contribution in [0.3, 0.4) is 0 Å². The molecule has 0 aliphatic heterocycles. The van der Waals surface area contributed by atoms with Gasteiger partial charge in [-0.15, -0.1) is 23.2 Å². The molecule has 0 amide bonds. The molecule has 0 aliphatic carbocycles. The minimum absolute atomic E-state index is 0.405. The van der Waals surface area contributed by atoms with Gasteiger partial charge in [0.2, 0.25) is 0 Å². The van der Waals surface area contributed by atoms with Crippen LogP contribution in [0.2, 0.25) is 0 Å². The fourth-order valence-corrected chi connectivity index (χ4v) is 2.24. The lowest BCUT2D eigenvalue weighted by Crippen LogP contribution is -2.14. The molecule has 0 aliphatic rings. The first-order chi connectivity index (χ1) is 6.77. The van der Waals surface area contributed by atoms with Crippen LogP contribution in [0.5, 0.6) is 0 Å². The molecule has 0 spiro atoms. The number of hydrogen-bond donors (Lipinski definition) is 1. The van der Waals surface area contributed by atoms with E-state index in [1.807, 2.05) is 27.1 Å². The molecule has 1 aromatic heterocycles. The summed E-state index contributed by atoms with van der Waals surface area (Å²) in [6.45, 7) is 3.91. The number of rotatable bonds is 4. The lowest BCUT2D eigenvalue weighted by Gasteiger charge is -2.11. The minimum atomic E-state index is 0.405. The summed E-state index contributed by atoms with van der Waals surface area (Å²) >= 11 is 1.76. The van der Waals surface area contributed by atoms with Crippen LogP contribution in [-0.2, 0) is 0 Å². The molecule has 1 aromatic rings. The second-order valence-electron chi connectivity index (χ2n) is 3.09. The number of thiazole rings is 1. The van der Waals surface area contributed by atoms with Gasteiger partial charge in [-0.3, -0.25) is 0 Å². The Balaban J connectivity index is 2.56. The zero-order valence-corrected chi connectivity index (χ0v) is 9.74. The maximum absolute atomic E-state index is 4.26. The van der Waals surface area contributed by atoms with Crippen molar-refractivity contribution in [3.8, 4) is 11.8 Å². The number of nitrogens with zero attached hydrogens (tertiary/aromatic N) is 1. The van der Waals surface area contributed by atoms with E-state index in [4.69, 9.17) is 0 Å². The Hall–Kier alpha value is -0.850. The monoisotopic (exact) mass is 208 g/mol. The SMILES string of the molecule is CC#CCCC(NC)c1cnc(C)s1. The lowest BCUT2D eigenvalue weighted by atomic mass is 10.1. The maximum atomic E-state index is 4.26. The molecule has 1 atom stereocenters.